The fourth-order valence-corrected chi connectivity index (χ4v) is 3.37. The zero-order chi connectivity index (χ0) is 16.7. The molecule has 0 aromatic rings. The quantitative estimate of drug-likeness (QED) is 0.722. The van der Waals surface area contributed by atoms with Crippen LogP contribution in [0.1, 0.15) is 34.1 Å². The van der Waals surface area contributed by atoms with Crippen molar-refractivity contribution in [3.05, 3.63) is 0 Å². The average Bonchev–Trinajstić information content (AvgIpc) is 2.21. The summed E-state index contributed by atoms with van der Waals surface area (Å²) < 4.78 is 11.2. The first-order valence-corrected chi connectivity index (χ1v) is 11.6. The van der Waals surface area contributed by atoms with Crippen molar-refractivity contribution >= 4 is 31.3 Å². The molecule has 21 heavy (non-hydrogen) atoms. The Hall–Kier alpha value is -0.533. The second-order valence-corrected chi connectivity index (χ2v) is 12.5. The Morgan fingerprint density at radius 2 is 1.81 bits per heavy atom. The topological polar surface area (TPSA) is 64.6 Å². The van der Waals surface area contributed by atoms with Gasteiger partial charge >= 0.3 is 6.09 Å². The van der Waals surface area contributed by atoms with E-state index in [1.807, 2.05) is 27.7 Å². The number of rotatable bonds is 7. The van der Waals surface area contributed by atoms with Crippen LogP contribution in [-0.2, 0) is 14.0 Å². The first-order valence-electron chi connectivity index (χ1n) is 7.23. The van der Waals surface area contributed by atoms with E-state index in [0.717, 1.165) is 5.75 Å². The highest BCUT2D eigenvalue weighted by Gasteiger charge is 2.24. The van der Waals surface area contributed by atoms with Crippen molar-refractivity contribution in [2.45, 2.75) is 65.5 Å². The Balaban J connectivity index is 4.46. The van der Waals surface area contributed by atoms with Crippen LogP contribution in [-0.4, -0.2) is 43.5 Å². The predicted octanol–water partition coefficient (Wildman–Crippen LogP) is 3.40. The summed E-state index contributed by atoms with van der Waals surface area (Å²) in [5.41, 5.74) is -0.535. The normalized spacial score (nSPS) is 13.7. The smallest absolute Gasteiger partial charge is 0.407 e. The summed E-state index contributed by atoms with van der Waals surface area (Å²) in [7, 11) is -1.78. The molecule has 7 heteroatoms. The largest absolute Gasteiger partial charge is 0.444 e. The number of ether oxygens (including phenoxy) is 1. The van der Waals surface area contributed by atoms with Crippen LogP contribution in [0.3, 0.4) is 0 Å². The molecule has 5 nitrogen and oxygen atoms in total. The van der Waals surface area contributed by atoms with Gasteiger partial charge in [-0.25, -0.2) is 4.79 Å². The highest BCUT2D eigenvalue weighted by atomic mass is 32.2. The number of carbonyl (C=O) groups is 2. The third-order valence-electron chi connectivity index (χ3n) is 2.09. The van der Waals surface area contributed by atoms with Crippen LogP contribution < -0.4 is 5.32 Å². The third-order valence-corrected chi connectivity index (χ3v) is 3.91. The summed E-state index contributed by atoms with van der Waals surface area (Å²) in [6, 6.07) is 0. The number of hydrogen-bond donors (Lipinski definition) is 1. The van der Waals surface area contributed by atoms with Crippen molar-refractivity contribution < 1.29 is 18.8 Å². The Bertz CT molecular complexity index is 350. The lowest BCUT2D eigenvalue weighted by Gasteiger charge is -2.27. The van der Waals surface area contributed by atoms with Gasteiger partial charge in [-0.1, -0.05) is 18.7 Å². The standard InChI is InChI=1S/C14H29NO4SSi/c1-8-20-12(16)9-11(19-21(5,6)7)10-15-13(17)18-14(2,3)4/h11H,8-10H2,1-7H3,(H,15,17)/t11-/m1/s1. The van der Waals surface area contributed by atoms with Gasteiger partial charge in [0.05, 0.1) is 6.10 Å². The predicted molar refractivity (Wildman–Crippen MR) is 90.2 cm³/mol. The van der Waals surface area contributed by atoms with Crippen LogP contribution in [0.25, 0.3) is 0 Å². The van der Waals surface area contributed by atoms with E-state index >= 15 is 0 Å². The van der Waals surface area contributed by atoms with Crippen molar-refractivity contribution in [2.75, 3.05) is 12.3 Å². The first-order chi connectivity index (χ1) is 9.43. The van der Waals surface area contributed by atoms with Crippen LogP contribution in [0.4, 0.5) is 4.79 Å². The molecule has 0 rings (SSSR count). The molecule has 0 aliphatic carbocycles. The number of thioether (sulfide) groups is 1. The molecule has 0 saturated heterocycles. The molecule has 0 aromatic carbocycles. The van der Waals surface area contributed by atoms with E-state index in [2.05, 4.69) is 25.0 Å². The summed E-state index contributed by atoms with van der Waals surface area (Å²) in [6.45, 7) is 13.8. The van der Waals surface area contributed by atoms with Crippen molar-refractivity contribution in [1.29, 1.82) is 0 Å². The molecule has 0 heterocycles. The Morgan fingerprint density at radius 1 is 1.24 bits per heavy atom. The SMILES string of the molecule is CCSC(=O)C[C@H](CNC(=O)OC(C)(C)C)O[Si](C)(C)C. The molecule has 124 valence electrons. The summed E-state index contributed by atoms with van der Waals surface area (Å²) in [4.78, 5) is 23.4. The van der Waals surface area contributed by atoms with Gasteiger partial charge in [-0.3, -0.25) is 4.79 Å². The van der Waals surface area contributed by atoms with E-state index in [-0.39, 0.29) is 17.8 Å². The zero-order valence-electron chi connectivity index (χ0n) is 14.2. The maximum Gasteiger partial charge on any atom is 0.407 e. The molecule has 1 N–H and O–H groups in total. The van der Waals surface area contributed by atoms with Crippen molar-refractivity contribution in [3.63, 3.8) is 0 Å². The van der Waals surface area contributed by atoms with E-state index in [9.17, 15) is 9.59 Å². The van der Waals surface area contributed by atoms with Gasteiger partial charge in [0, 0.05) is 13.0 Å². The average molecular weight is 336 g/mol. The van der Waals surface area contributed by atoms with Gasteiger partial charge in [-0.05, 0) is 46.2 Å². The third kappa shape index (κ3) is 12.9. The maximum absolute atomic E-state index is 11.8. The van der Waals surface area contributed by atoms with Crippen LogP contribution in [0.2, 0.25) is 19.6 Å². The highest BCUT2D eigenvalue weighted by Crippen LogP contribution is 2.14. The lowest BCUT2D eigenvalue weighted by Crippen LogP contribution is -2.42. The van der Waals surface area contributed by atoms with E-state index in [1.54, 1.807) is 0 Å². The number of carbonyl (C=O) groups excluding carboxylic acids is 2. The molecular weight excluding hydrogens is 306 g/mol. The highest BCUT2D eigenvalue weighted by molar-refractivity contribution is 8.13. The summed E-state index contributed by atoms with van der Waals surface area (Å²) in [5, 5.41) is 2.77. The molecular formula is C14H29NO4SSi. The molecule has 0 aromatic heterocycles. The van der Waals surface area contributed by atoms with Gasteiger partial charge in [0.1, 0.15) is 5.60 Å². The van der Waals surface area contributed by atoms with Gasteiger partial charge < -0.3 is 14.5 Å². The van der Waals surface area contributed by atoms with Gasteiger partial charge in [-0.2, -0.15) is 0 Å². The number of hydrogen-bond acceptors (Lipinski definition) is 5. The summed E-state index contributed by atoms with van der Waals surface area (Å²) in [5.74, 6) is 0.748. The molecule has 0 radical (unpaired) electrons. The number of alkyl carbamates (subject to hydrolysis) is 1. The summed E-state index contributed by atoms with van der Waals surface area (Å²) >= 11 is 1.28. The number of nitrogens with one attached hydrogen (secondary N) is 1. The summed E-state index contributed by atoms with van der Waals surface area (Å²) in [6.07, 6.45) is -0.475. The Labute approximate surface area is 133 Å². The van der Waals surface area contributed by atoms with Gasteiger partial charge in [0.25, 0.3) is 0 Å². The molecule has 0 fully saturated rings. The minimum absolute atomic E-state index is 0.0896. The second kappa shape index (κ2) is 8.80. The van der Waals surface area contributed by atoms with Gasteiger partial charge in [-0.15, -0.1) is 0 Å². The maximum atomic E-state index is 11.8. The van der Waals surface area contributed by atoms with Crippen LogP contribution in [0.5, 0.6) is 0 Å². The van der Waals surface area contributed by atoms with Crippen molar-refractivity contribution in [1.82, 2.24) is 5.32 Å². The Morgan fingerprint density at radius 3 is 2.24 bits per heavy atom. The van der Waals surface area contributed by atoms with Gasteiger partial charge in [0.2, 0.25) is 0 Å². The minimum Gasteiger partial charge on any atom is -0.444 e. The minimum atomic E-state index is -1.78. The Kier molecular flexibility index (Phi) is 8.58. The van der Waals surface area contributed by atoms with E-state index in [1.165, 1.54) is 11.8 Å². The number of amides is 1. The van der Waals surface area contributed by atoms with Crippen molar-refractivity contribution in [3.8, 4) is 0 Å². The molecule has 0 unspecified atom stereocenters. The molecule has 0 saturated carbocycles. The molecule has 0 spiro atoms. The molecule has 0 bridgehead atoms. The lowest BCUT2D eigenvalue weighted by atomic mass is 10.2. The van der Waals surface area contributed by atoms with Gasteiger partial charge in [0.15, 0.2) is 13.4 Å². The van der Waals surface area contributed by atoms with E-state index in [0.29, 0.717) is 6.42 Å². The molecule has 1 amide bonds. The monoisotopic (exact) mass is 335 g/mol. The fourth-order valence-electron chi connectivity index (χ4n) is 1.57. The van der Waals surface area contributed by atoms with E-state index < -0.39 is 20.0 Å². The molecule has 0 aliphatic heterocycles. The van der Waals surface area contributed by atoms with E-state index in [4.69, 9.17) is 9.16 Å². The van der Waals surface area contributed by atoms with Crippen LogP contribution in [0.15, 0.2) is 0 Å². The fraction of sp³-hybridized carbons (Fsp3) is 0.857. The molecule has 0 aliphatic rings. The first kappa shape index (κ1) is 20.5. The lowest BCUT2D eigenvalue weighted by molar-refractivity contribution is -0.112. The van der Waals surface area contributed by atoms with Crippen LogP contribution in [0, 0.1) is 0 Å². The second-order valence-electron chi connectivity index (χ2n) is 6.74. The van der Waals surface area contributed by atoms with Crippen molar-refractivity contribution in [2.24, 2.45) is 0 Å². The van der Waals surface area contributed by atoms with Crippen LogP contribution >= 0.6 is 11.8 Å². The zero-order valence-corrected chi connectivity index (χ0v) is 16.1. The molecule has 1 atom stereocenters.